The van der Waals surface area contributed by atoms with Gasteiger partial charge in [-0.2, -0.15) is 0 Å². The molecule has 0 saturated heterocycles. The lowest BCUT2D eigenvalue weighted by Crippen LogP contribution is -1.89. The number of oxazole rings is 1. The highest BCUT2D eigenvalue weighted by molar-refractivity contribution is 6.31. The maximum Gasteiger partial charge on any atom is 0.227 e. The van der Waals surface area contributed by atoms with E-state index in [0.717, 1.165) is 22.4 Å². The van der Waals surface area contributed by atoms with Crippen molar-refractivity contribution in [2.24, 2.45) is 0 Å². The van der Waals surface area contributed by atoms with Crippen molar-refractivity contribution in [2.45, 2.75) is 0 Å². The van der Waals surface area contributed by atoms with Gasteiger partial charge in [-0.05, 0) is 42.5 Å². The van der Waals surface area contributed by atoms with Gasteiger partial charge in [-0.25, -0.2) is 4.98 Å². The molecule has 0 fully saturated rings. The maximum absolute atomic E-state index is 5.96. The molecular formula is C15H9ClN4O. The second-order valence-corrected chi connectivity index (χ2v) is 4.98. The zero-order chi connectivity index (χ0) is 14.2. The number of benzene rings is 2. The molecule has 0 amide bonds. The van der Waals surface area contributed by atoms with Crippen molar-refractivity contribution in [3.63, 3.8) is 0 Å². The third-order valence-corrected chi connectivity index (χ3v) is 3.42. The highest BCUT2D eigenvalue weighted by Crippen LogP contribution is 2.26. The van der Waals surface area contributed by atoms with Gasteiger partial charge in [0.2, 0.25) is 5.89 Å². The summed E-state index contributed by atoms with van der Waals surface area (Å²) in [5.41, 5.74) is 3.35. The lowest BCUT2D eigenvalue weighted by Gasteiger charge is -2.01. The van der Waals surface area contributed by atoms with Crippen LogP contribution < -0.4 is 0 Å². The summed E-state index contributed by atoms with van der Waals surface area (Å²) in [4.78, 5) is 4.45. The van der Waals surface area contributed by atoms with Gasteiger partial charge in [0, 0.05) is 16.3 Å². The Labute approximate surface area is 124 Å². The standard InChI is InChI=1S/C15H9ClN4O/c16-11-3-6-14-13(7-11)19-15(21-14)10-1-4-12(5-2-10)20-8-17-18-9-20/h1-9H. The van der Waals surface area contributed by atoms with E-state index in [1.54, 1.807) is 24.8 Å². The van der Waals surface area contributed by atoms with Gasteiger partial charge in [0.1, 0.15) is 18.2 Å². The van der Waals surface area contributed by atoms with E-state index in [4.69, 9.17) is 16.0 Å². The molecule has 0 N–H and O–H groups in total. The lowest BCUT2D eigenvalue weighted by molar-refractivity contribution is 0.620. The van der Waals surface area contributed by atoms with Crippen LogP contribution in [0.5, 0.6) is 0 Å². The largest absolute Gasteiger partial charge is 0.436 e. The Morgan fingerprint density at radius 2 is 1.71 bits per heavy atom. The van der Waals surface area contributed by atoms with Crippen LogP contribution in [-0.4, -0.2) is 19.7 Å². The third-order valence-electron chi connectivity index (χ3n) is 3.18. The van der Waals surface area contributed by atoms with Crippen molar-refractivity contribution in [3.8, 4) is 17.1 Å². The number of halogens is 1. The zero-order valence-corrected chi connectivity index (χ0v) is 11.5. The van der Waals surface area contributed by atoms with Gasteiger partial charge in [-0.3, -0.25) is 4.57 Å². The zero-order valence-electron chi connectivity index (χ0n) is 10.8. The number of rotatable bonds is 2. The van der Waals surface area contributed by atoms with Gasteiger partial charge in [0.15, 0.2) is 5.58 Å². The Hall–Kier alpha value is -2.66. The van der Waals surface area contributed by atoms with E-state index in [1.165, 1.54) is 0 Å². The number of hydrogen-bond donors (Lipinski definition) is 0. The van der Waals surface area contributed by atoms with Gasteiger partial charge >= 0.3 is 0 Å². The smallest absolute Gasteiger partial charge is 0.227 e. The van der Waals surface area contributed by atoms with Crippen molar-refractivity contribution in [3.05, 3.63) is 60.1 Å². The van der Waals surface area contributed by atoms with Gasteiger partial charge in [-0.1, -0.05) is 11.6 Å². The molecule has 0 spiro atoms. The number of fused-ring (bicyclic) bond motifs is 1. The first-order valence-electron chi connectivity index (χ1n) is 6.31. The Morgan fingerprint density at radius 3 is 2.48 bits per heavy atom. The molecule has 0 aliphatic carbocycles. The molecule has 0 saturated carbocycles. The molecule has 2 aromatic heterocycles. The molecule has 0 aliphatic rings. The van der Waals surface area contributed by atoms with E-state index in [1.807, 2.05) is 34.9 Å². The van der Waals surface area contributed by atoms with Gasteiger partial charge < -0.3 is 4.42 Å². The first-order valence-corrected chi connectivity index (χ1v) is 6.69. The third kappa shape index (κ3) is 2.17. The van der Waals surface area contributed by atoms with Crippen LogP contribution in [0.3, 0.4) is 0 Å². The van der Waals surface area contributed by atoms with Gasteiger partial charge in [0.25, 0.3) is 0 Å². The minimum atomic E-state index is 0.572. The second-order valence-electron chi connectivity index (χ2n) is 4.55. The van der Waals surface area contributed by atoms with E-state index in [2.05, 4.69) is 15.2 Å². The molecule has 4 aromatic rings. The molecule has 0 atom stereocenters. The minimum Gasteiger partial charge on any atom is -0.436 e. The van der Waals surface area contributed by atoms with E-state index in [0.29, 0.717) is 10.9 Å². The predicted octanol–water partition coefficient (Wildman–Crippen LogP) is 3.73. The minimum absolute atomic E-state index is 0.572. The lowest BCUT2D eigenvalue weighted by atomic mass is 10.2. The van der Waals surface area contributed by atoms with Crippen molar-refractivity contribution in [2.75, 3.05) is 0 Å². The molecule has 5 nitrogen and oxygen atoms in total. The van der Waals surface area contributed by atoms with Gasteiger partial charge in [-0.15, -0.1) is 10.2 Å². The summed E-state index contributed by atoms with van der Waals surface area (Å²) in [6.07, 6.45) is 3.30. The van der Waals surface area contributed by atoms with Crippen LogP contribution in [0.2, 0.25) is 5.02 Å². The first-order chi connectivity index (χ1) is 10.3. The number of aromatic nitrogens is 4. The molecule has 4 rings (SSSR count). The fourth-order valence-electron chi connectivity index (χ4n) is 2.13. The fraction of sp³-hybridized carbons (Fsp3) is 0. The molecule has 21 heavy (non-hydrogen) atoms. The molecule has 0 aliphatic heterocycles. The predicted molar refractivity (Wildman–Crippen MR) is 79.4 cm³/mol. The molecular weight excluding hydrogens is 288 g/mol. The van der Waals surface area contributed by atoms with E-state index < -0.39 is 0 Å². The van der Waals surface area contributed by atoms with Crippen LogP contribution in [0, 0.1) is 0 Å². The van der Waals surface area contributed by atoms with Crippen molar-refractivity contribution >= 4 is 22.7 Å². The number of nitrogens with zero attached hydrogens (tertiary/aromatic N) is 4. The topological polar surface area (TPSA) is 56.7 Å². The van der Waals surface area contributed by atoms with E-state index in [-0.39, 0.29) is 0 Å². The fourth-order valence-corrected chi connectivity index (χ4v) is 2.30. The molecule has 2 heterocycles. The summed E-state index contributed by atoms with van der Waals surface area (Å²) < 4.78 is 7.57. The van der Waals surface area contributed by atoms with Crippen LogP contribution in [0.15, 0.2) is 59.5 Å². The highest BCUT2D eigenvalue weighted by Gasteiger charge is 2.08. The SMILES string of the molecule is Clc1ccc2oc(-c3ccc(-n4cnnc4)cc3)nc2c1. The van der Waals surface area contributed by atoms with E-state index >= 15 is 0 Å². The van der Waals surface area contributed by atoms with Gasteiger partial charge in [0.05, 0.1) is 0 Å². The molecule has 0 bridgehead atoms. The summed E-state index contributed by atoms with van der Waals surface area (Å²) in [7, 11) is 0. The van der Waals surface area contributed by atoms with Crippen LogP contribution in [0.25, 0.3) is 28.2 Å². The van der Waals surface area contributed by atoms with Crippen molar-refractivity contribution in [1.29, 1.82) is 0 Å². The van der Waals surface area contributed by atoms with Crippen molar-refractivity contribution < 1.29 is 4.42 Å². The monoisotopic (exact) mass is 296 g/mol. The summed E-state index contributed by atoms with van der Waals surface area (Å²) in [5.74, 6) is 0.572. The Balaban J connectivity index is 1.74. The quantitative estimate of drug-likeness (QED) is 0.565. The van der Waals surface area contributed by atoms with Crippen molar-refractivity contribution in [1.82, 2.24) is 19.7 Å². The Morgan fingerprint density at radius 1 is 0.952 bits per heavy atom. The maximum atomic E-state index is 5.96. The normalized spacial score (nSPS) is 11.1. The molecule has 0 radical (unpaired) electrons. The second kappa shape index (κ2) is 4.71. The highest BCUT2D eigenvalue weighted by atomic mass is 35.5. The molecule has 102 valence electrons. The summed E-state index contributed by atoms with van der Waals surface area (Å²) in [6, 6.07) is 13.2. The average molecular weight is 297 g/mol. The summed E-state index contributed by atoms with van der Waals surface area (Å²) in [6.45, 7) is 0. The Kier molecular flexibility index (Phi) is 2.72. The van der Waals surface area contributed by atoms with Crippen LogP contribution in [-0.2, 0) is 0 Å². The molecule has 0 unspecified atom stereocenters. The molecule has 2 aromatic carbocycles. The number of hydrogen-bond acceptors (Lipinski definition) is 4. The summed E-state index contributed by atoms with van der Waals surface area (Å²) >= 11 is 5.96. The average Bonchev–Trinajstić information content (AvgIpc) is 3.16. The Bertz CT molecular complexity index is 897. The van der Waals surface area contributed by atoms with Crippen LogP contribution in [0.1, 0.15) is 0 Å². The van der Waals surface area contributed by atoms with E-state index in [9.17, 15) is 0 Å². The van der Waals surface area contributed by atoms with Crippen LogP contribution in [0.4, 0.5) is 0 Å². The molecule has 6 heteroatoms. The van der Waals surface area contributed by atoms with Crippen LogP contribution >= 0.6 is 11.6 Å². The first kappa shape index (κ1) is 12.1. The summed E-state index contributed by atoms with van der Waals surface area (Å²) in [5, 5.41) is 8.22.